The number of nitriles is 1. The molecule has 112 valence electrons. The van der Waals surface area contributed by atoms with Gasteiger partial charge in [0.25, 0.3) is 0 Å². The summed E-state index contributed by atoms with van der Waals surface area (Å²) in [4.78, 5) is 13.5. The molecule has 1 atom stereocenters. The molecule has 1 amide bonds. The highest BCUT2D eigenvalue weighted by Crippen LogP contribution is 2.18. The molecular formula is C14H18N4O3. The summed E-state index contributed by atoms with van der Waals surface area (Å²) in [5.74, 6) is 0.352. The summed E-state index contributed by atoms with van der Waals surface area (Å²) in [6.07, 6.45) is 0.236. The maximum atomic E-state index is 11.9. The van der Waals surface area contributed by atoms with E-state index in [0.29, 0.717) is 25.4 Å². The number of amides is 1. The number of carbonyl (C=O) groups excluding carboxylic acids is 1. The molecule has 7 nitrogen and oxygen atoms in total. The summed E-state index contributed by atoms with van der Waals surface area (Å²) in [5, 5.41) is 16.2. The molecule has 0 spiro atoms. The van der Waals surface area contributed by atoms with Crippen molar-refractivity contribution in [3.63, 3.8) is 0 Å². The van der Waals surface area contributed by atoms with E-state index in [1.54, 1.807) is 17.0 Å². The number of aromatic nitrogens is 2. The first kappa shape index (κ1) is 15.0. The Morgan fingerprint density at radius 1 is 1.43 bits per heavy atom. The van der Waals surface area contributed by atoms with Gasteiger partial charge in [-0.25, -0.2) is 4.79 Å². The molecule has 0 saturated carbocycles. The SMILES string of the molecule is CC(C)(C)OC(=O)N1CC[C@@H](Oc2ccc(C#N)nn2)C1. The van der Waals surface area contributed by atoms with Gasteiger partial charge in [-0.2, -0.15) is 5.26 Å². The first-order valence-corrected chi connectivity index (χ1v) is 6.76. The molecule has 1 saturated heterocycles. The van der Waals surface area contributed by atoms with Gasteiger partial charge in [0.05, 0.1) is 6.54 Å². The molecule has 7 heteroatoms. The van der Waals surface area contributed by atoms with Crippen molar-refractivity contribution in [3.8, 4) is 11.9 Å². The quantitative estimate of drug-likeness (QED) is 0.824. The van der Waals surface area contributed by atoms with E-state index < -0.39 is 5.60 Å². The third-order valence-electron chi connectivity index (χ3n) is 2.84. The Labute approximate surface area is 123 Å². The first-order chi connectivity index (χ1) is 9.87. The van der Waals surface area contributed by atoms with Crippen LogP contribution in [0.3, 0.4) is 0 Å². The van der Waals surface area contributed by atoms with E-state index in [2.05, 4.69) is 10.2 Å². The summed E-state index contributed by atoms with van der Waals surface area (Å²) >= 11 is 0. The lowest BCUT2D eigenvalue weighted by Gasteiger charge is -2.24. The Morgan fingerprint density at radius 2 is 2.19 bits per heavy atom. The van der Waals surface area contributed by atoms with Gasteiger partial charge in [0.1, 0.15) is 17.8 Å². The minimum absolute atomic E-state index is 0.139. The zero-order valence-electron chi connectivity index (χ0n) is 12.4. The van der Waals surface area contributed by atoms with E-state index in [1.807, 2.05) is 26.8 Å². The van der Waals surface area contributed by atoms with Crippen LogP contribution in [-0.4, -0.2) is 46.0 Å². The fourth-order valence-corrected chi connectivity index (χ4v) is 1.93. The molecule has 1 fully saturated rings. The third kappa shape index (κ3) is 4.31. The van der Waals surface area contributed by atoms with Gasteiger partial charge >= 0.3 is 6.09 Å². The van der Waals surface area contributed by atoms with Crippen molar-refractivity contribution < 1.29 is 14.3 Å². The summed E-state index contributed by atoms with van der Waals surface area (Å²) in [7, 11) is 0. The zero-order valence-corrected chi connectivity index (χ0v) is 12.4. The van der Waals surface area contributed by atoms with Crippen molar-refractivity contribution in [2.24, 2.45) is 0 Å². The number of nitrogens with zero attached hydrogens (tertiary/aromatic N) is 4. The normalized spacial score (nSPS) is 18.2. The van der Waals surface area contributed by atoms with Gasteiger partial charge in [0, 0.05) is 19.0 Å². The minimum atomic E-state index is -0.505. The highest BCUT2D eigenvalue weighted by atomic mass is 16.6. The van der Waals surface area contributed by atoms with Gasteiger partial charge in [0.15, 0.2) is 5.69 Å². The number of hydrogen-bond acceptors (Lipinski definition) is 6. The van der Waals surface area contributed by atoms with Gasteiger partial charge in [-0.1, -0.05) is 0 Å². The molecule has 0 aliphatic carbocycles. The van der Waals surface area contributed by atoms with E-state index in [1.165, 1.54) is 0 Å². The van der Waals surface area contributed by atoms with E-state index in [9.17, 15) is 4.79 Å². The molecule has 0 aromatic carbocycles. The van der Waals surface area contributed by atoms with Crippen molar-refractivity contribution in [1.82, 2.24) is 15.1 Å². The number of ether oxygens (including phenoxy) is 2. The molecule has 1 aromatic rings. The summed E-state index contributed by atoms with van der Waals surface area (Å²) in [6.45, 7) is 6.55. The molecule has 0 bridgehead atoms. The second-order valence-corrected chi connectivity index (χ2v) is 5.82. The van der Waals surface area contributed by atoms with Gasteiger partial charge in [-0.3, -0.25) is 0 Å². The lowest BCUT2D eigenvalue weighted by atomic mass is 10.2. The first-order valence-electron chi connectivity index (χ1n) is 6.76. The van der Waals surface area contributed by atoms with Crippen LogP contribution in [0.15, 0.2) is 12.1 Å². The van der Waals surface area contributed by atoms with E-state index >= 15 is 0 Å². The van der Waals surface area contributed by atoms with Gasteiger partial charge in [-0.15, -0.1) is 10.2 Å². The molecule has 1 aliphatic rings. The number of rotatable bonds is 2. The van der Waals surface area contributed by atoms with Crippen LogP contribution in [0.4, 0.5) is 4.79 Å². The zero-order chi connectivity index (χ0) is 15.5. The average Bonchev–Trinajstić information content (AvgIpc) is 2.86. The van der Waals surface area contributed by atoms with Crippen molar-refractivity contribution in [2.75, 3.05) is 13.1 Å². The van der Waals surface area contributed by atoms with Crippen molar-refractivity contribution >= 4 is 6.09 Å². The molecule has 1 aliphatic heterocycles. The van der Waals surface area contributed by atoms with Crippen LogP contribution in [0.1, 0.15) is 32.9 Å². The highest BCUT2D eigenvalue weighted by Gasteiger charge is 2.31. The Morgan fingerprint density at radius 3 is 2.76 bits per heavy atom. The monoisotopic (exact) mass is 290 g/mol. The highest BCUT2D eigenvalue weighted by molar-refractivity contribution is 5.68. The predicted octanol–water partition coefficient (Wildman–Crippen LogP) is 1.74. The molecule has 2 heterocycles. The standard InChI is InChI=1S/C14H18N4O3/c1-14(2,3)21-13(19)18-7-6-11(9-18)20-12-5-4-10(8-15)16-17-12/h4-5,11H,6-7,9H2,1-3H3/t11-/m1/s1. The minimum Gasteiger partial charge on any atom is -0.471 e. The lowest BCUT2D eigenvalue weighted by Crippen LogP contribution is -2.36. The number of likely N-dealkylation sites (tertiary alicyclic amines) is 1. The van der Waals surface area contributed by atoms with Crippen LogP contribution in [0.25, 0.3) is 0 Å². The lowest BCUT2D eigenvalue weighted by molar-refractivity contribution is 0.0274. The van der Waals surface area contributed by atoms with Crippen LogP contribution < -0.4 is 4.74 Å². The number of hydrogen-bond donors (Lipinski definition) is 0. The Hall–Kier alpha value is -2.36. The summed E-state index contributed by atoms with van der Waals surface area (Å²) in [5.41, 5.74) is -0.265. The smallest absolute Gasteiger partial charge is 0.410 e. The van der Waals surface area contributed by atoms with E-state index in [4.69, 9.17) is 14.7 Å². The van der Waals surface area contributed by atoms with Crippen LogP contribution in [-0.2, 0) is 4.74 Å². The molecule has 0 N–H and O–H groups in total. The largest absolute Gasteiger partial charge is 0.471 e. The van der Waals surface area contributed by atoms with Gasteiger partial charge in [-0.05, 0) is 26.8 Å². The summed E-state index contributed by atoms with van der Waals surface area (Å²) in [6, 6.07) is 5.04. The Balaban J connectivity index is 1.87. The van der Waals surface area contributed by atoms with Crippen LogP contribution in [0, 0.1) is 11.3 Å². The van der Waals surface area contributed by atoms with Crippen molar-refractivity contribution in [3.05, 3.63) is 17.8 Å². The predicted molar refractivity (Wildman–Crippen MR) is 73.6 cm³/mol. The Kier molecular flexibility index (Phi) is 4.26. The second kappa shape index (κ2) is 5.95. The van der Waals surface area contributed by atoms with Crippen LogP contribution in [0.2, 0.25) is 0 Å². The van der Waals surface area contributed by atoms with E-state index in [0.717, 1.165) is 0 Å². The van der Waals surface area contributed by atoms with Crippen LogP contribution >= 0.6 is 0 Å². The van der Waals surface area contributed by atoms with Crippen molar-refractivity contribution in [2.45, 2.75) is 38.9 Å². The fraction of sp³-hybridized carbons (Fsp3) is 0.571. The summed E-state index contributed by atoms with van der Waals surface area (Å²) < 4.78 is 11.0. The molecule has 1 aromatic heterocycles. The molecule has 2 rings (SSSR count). The van der Waals surface area contributed by atoms with Gasteiger partial charge in [0.2, 0.25) is 5.88 Å². The second-order valence-electron chi connectivity index (χ2n) is 5.82. The number of carbonyl (C=O) groups is 1. The molecule has 21 heavy (non-hydrogen) atoms. The molecular weight excluding hydrogens is 272 g/mol. The van der Waals surface area contributed by atoms with Gasteiger partial charge < -0.3 is 14.4 Å². The topological polar surface area (TPSA) is 88.3 Å². The van der Waals surface area contributed by atoms with Crippen LogP contribution in [0.5, 0.6) is 5.88 Å². The molecule has 0 unspecified atom stereocenters. The third-order valence-corrected chi connectivity index (χ3v) is 2.84. The van der Waals surface area contributed by atoms with Crippen molar-refractivity contribution in [1.29, 1.82) is 5.26 Å². The fourth-order valence-electron chi connectivity index (χ4n) is 1.93. The average molecular weight is 290 g/mol. The van der Waals surface area contributed by atoms with E-state index in [-0.39, 0.29) is 17.9 Å². The molecule has 0 radical (unpaired) electrons. The Bertz CT molecular complexity index is 545. The maximum Gasteiger partial charge on any atom is 0.410 e. The maximum absolute atomic E-state index is 11.9.